The first kappa shape index (κ1) is 11.6. The molecule has 6 nitrogen and oxygen atoms in total. The summed E-state index contributed by atoms with van der Waals surface area (Å²) in [6, 6.07) is 0. The third kappa shape index (κ3) is 4.07. The first-order chi connectivity index (χ1) is 7.24. The molecular weight excluding hydrogens is 196 g/mol. The van der Waals surface area contributed by atoms with Gasteiger partial charge in [0.15, 0.2) is 5.82 Å². The molecule has 1 aromatic heterocycles. The topological polar surface area (TPSA) is 80.0 Å². The number of nitrogens with zero attached hydrogens (tertiary/aromatic N) is 2. The quantitative estimate of drug-likeness (QED) is 0.669. The molecule has 1 aromatic rings. The summed E-state index contributed by atoms with van der Waals surface area (Å²) in [6.07, 6.45) is 1.87. The number of aromatic nitrogens is 2. The molecule has 0 spiro atoms. The molecule has 1 atom stereocenters. The number of nitrogens with one attached hydrogen (secondary N) is 2. The summed E-state index contributed by atoms with van der Waals surface area (Å²) in [4.78, 5) is 15.3. The van der Waals surface area contributed by atoms with Crippen LogP contribution in [0.3, 0.4) is 0 Å². The Hall–Kier alpha value is -1.43. The van der Waals surface area contributed by atoms with Crippen LogP contribution in [0.1, 0.15) is 12.7 Å². The largest absolute Gasteiger partial charge is 0.355 e. The van der Waals surface area contributed by atoms with Crippen molar-refractivity contribution in [3.8, 4) is 0 Å². The van der Waals surface area contributed by atoms with Crippen LogP contribution in [0.4, 0.5) is 0 Å². The Balaban J connectivity index is 2.17. The van der Waals surface area contributed by atoms with Crippen molar-refractivity contribution in [3.05, 3.63) is 12.2 Å². The van der Waals surface area contributed by atoms with Crippen LogP contribution in [0.15, 0.2) is 10.9 Å². The maximum Gasteiger partial charge on any atom is 0.224 e. The lowest BCUT2D eigenvalue weighted by Gasteiger charge is -2.10. The molecule has 1 heterocycles. The second-order valence-electron chi connectivity index (χ2n) is 3.35. The third-order valence-corrected chi connectivity index (χ3v) is 2.01. The fraction of sp³-hybridized carbons (Fsp3) is 0.667. The molecule has 6 heteroatoms. The van der Waals surface area contributed by atoms with Crippen LogP contribution in [0.25, 0.3) is 0 Å². The Morgan fingerprint density at radius 2 is 2.47 bits per heavy atom. The maximum atomic E-state index is 11.4. The first-order valence-electron chi connectivity index (χ1n) is 4.91. The normalized spacial score (nSPS) is 12.4. The van der Waals surface area contributed by atoms with Gasteiger partial charge in [-0.2, -0.15) is 4.98 Å². The lowest BCUT2D eigenvalue weighted by molar-refractivity contribution is -0.124. The molecule has 1 unspecified atom stereocenters. The molecule has 0 saturated carbocycles. The van der Waals surface area contributed by atoms with Gasteiger partial charge in [0, 0.05) is 25.4 Å². The highest BCUT2D eigenvalue weighted by Gasteiger charge is 2.10. The fourth-order valence-corrected chi connectivity index (χ4v) is 1.17. The summed E-state index contributed by atoms with van der Waals surface area (Å²) in [5, 5.41) is 9.40. The van der Waals surface area contributed by atoms with Gasteiger partial charge < -0.3 is 15.2 Å². The summed E-state index contributed by atoms with van der Waals surface area (Å²) < 4.78 is 4.57. The lowest BCUT2D eigenvalue weighted by Crippen LogP contribution is -2.35. The third-order valence-electron chi connectivity index (χ3n) is 2.01. The van der Waals surface area contributed by atoms with E-state index in [9.17, 15) is 4.79 Å². The number of hydrogen-bond donors (Lipinski definition) is 2. The first-order valence-corrected chi connectivity index (χ1v) is 4.91. The van der Waals surface area contributed by atoms with Gasteiger partial charge in [-0.15, -0.1) is 0 Å². The molecule has 0 aromatic carbocycles. The average Bonchev–Trinajstić information content (AvgIpc) is 2.71. The van der Waals surface area contributed by atoms with Gasteiger partial charge in [-0.3, -0.25) is 4.79 Å². The summed E-state index contributed by atoms with van der Waals surface area (Å²) in [7, 11) is 1.82. The molecule has 0 saturated heterocycles. The number of hydrogen-bond acceptors (Lipinski definition) is 5. The van der Waals surface area contributed by atoms with Crippen LogP contribution in [-0.4, -0.2) is 36.2 Å². The van der Waals surface area contributed by atoms with Gasteiger partial charge in [-0.1, -0.05) is 12.1 Å². The molecule has 2 N–H and O–H groups in total. The monoisotopic (exact) mass is 212 g/mol. The summed E-state index contributed by atoms with van der Waals surface area (Å²) in [6.45, 7) is 3.08. The highest BCUT2D eigenvalue weighted by Crippen LogP contribution is 1.93. The average molecular weight is 212 g/mol. The van der Waals surface area contributed by atoms with Crippen molar-refractivity contribution >= 4 is 5.91 Å². The predicted molar refractivity (Wildman–Crippen MR) is 54.1 cm³/mol. The number of amides is 1. The second-order valence-corrected chi connectivity index (χ2v) is 3.35. The molecule has 84 valence electrons. The Morgan fingerprint density at radius 1 is 1.67 bits per heavy atom. The predicted octanol–water partition coefficient (Wildman–Crippen LogP) is -0.416. The van der Waals surface area contributed by atoms with Crippen LogP contribution in [0.2, 0.25) is 0 Å². The zero-order valence-corrected chi connectivity index (χ0v) is 8.99. The SMILES string of the molecule is CNCC(C)C(=O)NCCc1ncon1. The van der Waals surface area contributed by atoms with Crippen molar-refractivity contribution in [1.82, 2.24) is 20.8 Å². The minimum Gasteiger partial charge on any atom is -0.355 e. The molecule has 1 amide bonds. The van der Waals surface area contributed by atoms with Gasteiger partial charge in [-0.25, -0.2) is 0 Å². The van der Waals surface area contributed by atoms with Crippen molar-refractivity contribution in [2.75, 3.05) is 20.1 Å². The van der Waals surface area contributed by atoms with Crippen LogP contribution in [0.5, 0.6) is 0 Å². The van der Waals surface area contributed by atoms with E-state index >= 15 is 0 Å². The van der Waals surface area contributed by atoms with E-state index in [1.165, 1.54) is 6.39 Å². The van der Waals surface area contributed by atoms with Gasteiger partial charge in [0.05, 0.1) is 0 Å². The van der Waals surface area contributed by atoms with Crippen molar-refractivity contribution in [2.24, 2.45) is 5.92 Å². The minimum absolute atomic E-state index is 0.0275. The summed E-state index contributed by atoms with van der Waals surface area (Å²) in [5.74, 6) is 0.615. The van der Waals surface area contributed by atoms with E-state index in [0.717, 1.165) is 0 Å². The van der Waals surface area contributed by atoms with E-state index in [1.807, 2.05) is 14.0 Å². The molecule has 15 heavy (non-hydrogen) atoms. The Kier molecular flexibility index (Phi) is 4.76. The standard InChI is InChI=1S/C9H16N4O2/c1-7(5-10-2)9(14)11-4-3-8-12-6-15-13-8/h6-7,10H,3-5H2,1-2H3,(H,11,14). The van der Waals surface area contributed by atoms with Crippen molar-refractivity contribution in [1.29, 1.82) is 0 Å². The van der Waals surface area contributed by atoms with Gasteiger partial charge in [-0.05, 0) is 7.05 Å². The minimum atomic E-state index is -0.0275. The molecule has 0 aliphatic carbocycles. The molecule has 0 aliphatic rings. The zero-order chi connectivity index (χ0) is 11.1. The van der Waals surface area contributed by atoms with Gasteiger partial charge in [0.2, 0.25) is 12.3 Å². The fourth-order valence-electron chi connectivity index (χ4n) is 1.17. The van der Waals surface area contributed by atoms with E-state index in [0.29, 0.717) is 25.3 Å². The van der Waals surface area contributed by atoms with Gasteiger partial charge in [0.1, 0.15) is 0 Å². The molecular formula is C9H16N4O2. The van der Waals surface area contributed by atoms with Gasteiger partial charge >= 0.3 is 0 Å². The zero-order valence-electron chi connectivity index (χ0n) is 8.99. The molecule has 0 radical (unpaired) electrons. The van der Waals surface area contributed by atoms with E-state index in [4.69, 9.17) is 0 Å². The maximum absolute atomic E-state index is 11.4. The van der Waals surface area contributed by atoms with Crippen molar-refractivity contribution < 1.29 is 9.32 Å². The van der Waals surface area contributed by atoms with Gasteiger partial charge in [0.25, 0.3) is 0 Å². The Bertz CT molecular complexity index is 286. The Morgan fingerprint density at radius 3 is 3.07 bits per heavy atom. The highest BCUT2D eigenvalue weighted by atomic mass is 16.5. The van der Waals surface area contributed by atoms with Crippen LogP contribution in [-0.2, 0) is 11.2 Å². The number of rotatable bonds is 6. The van der Waals surface area contributed by atoms with Crippen molar-refractivity contribution in [3.63, 3.8) is 0 Å². The van der Waals surface area contributed by atoms with E-state index in [2.05, 4.69) is 25.3 Å². The van der Waals surface area contributed by atoms with Crippen LogP contribution in [0, 0.1) is 5.92 Å². The molecule has 1 rings (SSSR count). The lowest BCUT2D eigenvalue weighted by atomic mass is 10.1. The molecule has 0 aliphatic heterocycles. The van der Waals surface area contributed by atoms with Crippen LogP contribution >= 0.6 is 0 Å². The number of carbonyl (C=O) groups excluding carboxylic acids is 1. The van der Waals surface area contributed by atoms with E-state index in [1.54, 1.807) is 0 Å². The summed E-state index contributed by atoms with van der Waals surface area (Å²) >= 11 is 0. The highest BCUT2D eigenvalue weighted by molar-refractivity contribution is 5.78. The Labute approximate surface area is 88.4 Å². The summed E-state index contributed by atoms with van der Waals surface area (Å²) in [5.41, 5.74) is 0. The molecule has 0 bridgehead atoms. The van der Waals surface area contributed by atoms with Crippen LogP contribution < -0.4 is 10.6 Å². The van der Waals surface area contributed by atoms with E-state index in [-0.39, 0.29) is 11.8 Å². The second kappa shape index (κ2) is 6.13. The number of carbonyl (C=O) groups is 1. The van der Waals surface area contributed by atoms with Crippen molar-refractivity contribution in [2.45, 2.75) is 13.3 Å². The molecule has 0 fully saturated rings. The smallest absolute Gasteiger partial charge is 0.224 e. The van der Waals surface area contributed by atoms with E-state index < -0.39 is 0 Å².